The molecule has 6 rings (SSSR count). The number of β-amino-alcohol motifs (C(OH)–C–C–N with tert-alkyl or cyclic N) is 1. The Morgan fingerprint density at radius 1 is 1.24 bits per heavy atom. The molecule has 3 N–H and O–H groups in total. The summed E-state index contributed by atoms with van der Waals surface area (Å²) >= 11 is 0. The number of hydrogen-bond donors (Lipinski definition) is 2. The first-order valence-electron chi connectivity index (χ1n) is 14.5. The van der Waals surface area contributed by atoms with E-state index in [1.165, 1.54) is 6.92 Å². The Balaban J connectivity index is 1.38. The van der Waals surface area contributed by atoms with Crippen molar-refractivity contribution in [3.05, 3.63) is 52.0 Å². The molecule has 8 nitrogen and oxygen atoms in total. The Hall–Kier alpha value is -2.96. The minimum absolute atomic E-state index is 0.105. The third-order valence-corrected chi connectivity index (χ3v) is 9.17. The van der Waals surface area contributed by atoms with Crippen LogP contribution < -0.4 is 15.4 Å². The highest BCUT2D eigenvalue weighted by molar-refractivity contribution is 5.55. The van der Waals surface area contributed by atoms with Crippen molar-refractivity contribution in [2.75, 3.05) is 43.4 Å². The zero-order valence-electron chi connectivity index (χ0n) is 24.0. The average Bonchev–Trinajstić information content (AvgIpc) is 3.43. The van der Waals surface area contributed by atoms with Crippen LogP contribution in [0.3, 0.4) is 0 Å². The van der Waals surface area contributed by atoms with Crippen molar-refractivity contribution in [3.63, 3.8) is 0 Å². The number of alkyl halides is 3. The average molecular weight is 592 g/mol. The van der Waals surface area contributed by atoms with Crippen LogP contribution in [0, 0.1) is 12.7 Å². The summed E-state index contributed by atoms with van der Waals surface area (Å²) in [6, 6.07) is 1.10. The van der Waals surface area contributed by atoms with Gasteiger partial charge in [-0.15, -0.1) is 0 Å². The first kappa shape index (κ1) is 29.1. The molecule has 0 unspecified atom stereocenters. The predicted octanol–water partition coefficient (Wildman–Crippen LogP) is 4.86. The molecule has 2 aromatic rings. The molecule has 42 heavy (non-hydrogen) atoms. The van der Waals surface area contributed by atoms with Crippen LogP contribution in [-0.2, 0) is 23.9 Å². The van der Waals surface area contributed by atoms with Gasteiger partial charge in [0.15, 0.2) is 5.82 Å². The molecule has 3 fully saturated rings. The molecular formula is C30H37F4N5O3. The highest BCUT2D eigenvalue weighted by Gasteiger charge is 2.47. The normalized spacial score (nSPS) is 28.2. The van der Waals surface area contributed by atoms with Gasteiger partial charge < -0.3 is 25.2 Å². The molecule has 0 amide bonds. The van der Waals surface area contributed by atoms with Gasteiger partial charge in [0.1, 0.15) is 12.4 Å². The number of anilines is 2. The number of ether oxygens (including phenoxy) is 2. The molecule has 12 heteroatoms. The SMILES string of the molecule is C=C1CN2CCC[C@@]2(COc2nc3c(c(N4CCC[C@@](C)(O)C4)n2)CO[C@@H](c2c(F)c(N)cc(C)c2C(F)(F)F)C3)C1. The topological polar surface area (TPSA) is 97.0 Å². The standard InChI is InChI=1S/C30H37F4N5O3/c1-17-12-29(7-5-9-39(29)13-17)16-42-27-36-21-11-22(23-24(30(32,33)34)18(2)10-20(35)25(23)31)41-14-19(21)26(37-27)38-8-4-6-28(3,40)15-38/h10,22,40H,1,4-9,11-16,35H2,2-3H3/t22-,28-,29+/m1/s1. The smallest absolute Gasteiger partial charge is 0.417 e. The van der Waals surface area contributed by atoms with E-state index in [0.717, 1.165) is 50.4 Å². The number of aryl methyl sites for hydroxylation is 1. The van der Waals surface area contributed by atoms with Crippen LogP contribution in [0.4, 0.5) is 29.1 Å². The van der Waals surface area contributed by atoms with E-state index in [2.05, 4.69) is 16.5 Å². The van der Waals surface area contributed by atoms with Gasteiger partial charge in [0.25, 0.3) is 0 Å². The molecule has 228 valence electrons. The number of piperidine rings is 1. The lowest BCUT2D eigenvalue weighted by molar-refractivity contribution is -0.140. The maximum atomic E-state index is 15.3. The van der Waals surface area contributed by atoms with E-state index in [9.17, 15) is 18.3 Å². The maximum Gasteiger partial charge on any atom is 0.417 e. The van der Waals surface area contributed by atoms with E-state index >= 15 is 4.39 Å². The van der Waals surface area contributed by atoms with Gasteiger partial charge in [0, 0.05) is 37.2 Å². The molecule has 4 aliphatic rings. The molecule has 4 aliphatic heterocycles. The summed E-state index contributed by atoms with van der Waals surface area (Å²) in [6.45, 7) is 10.2. The van der Waals surface area contributed by atoms with E-state index in [1.54, 1.807) is 6.92 Å². The summed E-state index contributed by atoms with van der Waals surface area (Å²) in [7, 11) is 0. The van der Waals surface area contributed by atoms with Crippen LogP contribution in [0.25, 0.3) is 0 Å². The molecule has 3 saturated heterocycles. The van der Waals surface area contributed by atoms with Crippen molar-refractivity contribution in [3.8, 4) is 6.01 Å². The number of fused-ring (bicyclic) bond motifs is 2. The quantitative estimate of drug-likeness (QED) is 0.289. The Kier molecular flexibility index (Phi) is 7.17. The Morgan fingerprint density at radius 3 is 2.74 bits per heavy atom. The highest BCUT2D eigenvalue weighted by atomic mass is 19.4. The summed E-state index contributed by atoms with van der Waals surface area (Å²) in [5.74, 6) is -0.619. The van der Waals surface area contributed by atoms with E-state index in [1.807, 2.05) is 4.90 Å². The molecule has 0 aliphatic carbocycles. The van der Waals surface area contributed by atoms with Crippen LogP contribution in [0.15, 0.2) is 18.2 Å². The number of benzene rings is 1. The van der Waals surface area contributed by atoms with Crippen molar-refractivity contribution in [2.24, 2.45) is 0 Å². The van der Waals surface area contributed by atoms with Crippen LogP contribution >= 0.6 is 0 Å². The fraction of sp³-hybridized carbons (Fsp3) is 0.600. The van der Waals surface area contributed by atoms with Gasteiger partial charge >= 0.3 is 12.2 Å². The molecule has 0 spiro atoms. The second-order valence-electron chi connectivity index (χ2n) is 12.6. The largest absolute Gasteiger partial charge is 0.461 e. The van der Waals surface area contributed by atoms with E-state index in [-0.39, 0.29) is 35.8 Å². The predicted molar refractivity (Wildman–Crippen MR) is 149 cm³/mol. The third-order valence-electron chi connectivity index (χ3n) is 9.17. The number of hydrogen-bond acceptors (Lipinski definition) is 8. The minimum atomic E-state index is -4.81. The van der Waals surface area contributed by atoms with Crippen molar-refractivity contribution >= 4 is 11.5 Å². The first-order valence-corrected chi connectivity index (χ1v) is 14.5. The second kappa shape index (κ2) is 10.3. The third kappa shape index (κ3) is 5.22. The molecule has 1 aromatic heterocycles. The monoisotopic (exact) mass is 591 g/mol. The lowest BCUT2D eigenvalue weighted by atomic mass is 9.91. The first-order chi connectivity index (χ1) is 19.8. The number of aliphatic hydroxyl groups is 1. The highest BCUT2D eigenvalue weighted by Crippen LogP contribution is 2.45. The molecule has 5 heterocycles. The lowest BCUT2D eigenvalue weighted by Crippen LogP contribution is -2.47. The summed E-state index contributed by atoms with van der Waals surface area (Å²) < 4.78 is 69.9. The fourth-order valence-corrected chi connectivity index (χ4v) is 7.31. The van der Waals surface area contributed by atoms with Gasteiger partial charge in [-0.05, 0) is 64.1 Å². The van der Waals surface area contributed by atoms with Gasteiger partial charge in [-0.25, -0.2) is 4.39 Å². The van der Waals surface area contributed by atoms with Crippen LogP contribution in [0.5, 0.6) is 6.01 Å². The summed E-state index contributed by atoms with van der Waals surface area (Å²) in [5, 5.41) is 10.8. The fourth-order valence-electron chi connectivity index (χ4n) is 7.31. The summed E-state index contributed by atoms with van der Waals surface area (Å²) in [5.41, 5.74) is 4.60. The zero-order chi connectivity index (χ0) is 30.0. The summed E-state index contributed by atoms with van der Waals surface area (Å²) in [6.07, 6.45) is -1.99. The number of aromatic nitrogens is 2. The molecule has 0 radical (unpaired) electrons. The minimum Gasteiger partial charge on any atom is -0.461 e. The number of nitrogens with two attached hydrogens (primary N) is 1. The maximum absolute atomic E-state index is 15.3. The molecule has 0 saturated carbocycles. The van der Waals surface area contributed by atoms with Crippen LogP contribution in [0.1, 0.15) is 73.1 Å². The zero-order valence-corrected chi connectivity index (χ0v) is 24.0. The molecule has 3 atom stereocenters. The van der Waals surface area contributed by atoms with Gasteiger partial charge in [0.05, 0.1) is 40.8 Å². The number of rotatable bonds is 5. The van der Waals surface area contributed by atoms with E-state index in [4.69, 9.17) is 20.2 Å². The second-order valence-corrected chi connectivity index (χ2v) is 12.6. The van der Waals surface area contributed by atoms with Crippen molar-refractivity contribution in [1.29, 1.82) is 0 Å². The number of nitrogens with zero attached hydrogens (tertiary/aromatic N) is 4. The molecule has 1 aromatic carbocycles. The number of halogens is 4. The molecular weight excluding hydrogens is 554 g/mol. The Bertz CT molecular complexity index is 1410. The van der Waals surface area contributed by atoms with Crippen LogP contribution in [0.2, 0.25) is 0 Å². The van der Waals surface area contributed by atoms with E-state index < -0.39 is 34.8 Å². The van der Waals surface area contributed by atoms with Crippen molar-refractivity contribution < 1.29 is 32.1 Å². The van der Waals surface area contributed by atoms with E-state index in [0.29, 0.717) is 43.2 Å². The Morgan fingerprint density at radius 2 is 2.00 bits per heavy atom. The molecule has 0 bridgehead atoms. The van der Waals surface area contributed by atoms with Gasteiger partial charge in [-0.1, -0.05) is 12.2 Å². The van der Waals surface area contributed by atoms with Crippen molar-refractivity contribution in [2.45, 2.75) is 82.4 Å². The number of nitrogen functional groups attached to an aromatic ring is 1. The van der Waals surface area contributed by atoms with Crippen LogP contribution in [-0.4, -0.2) is 63.9 Å². The van der Waals surface area contributed by atoms with Gasteiger partial charge in [0.2, 0.25) is 0 Å². The lowest BCUT2D eigenvalue weighted by Gasteiger charge is -2.39. The van der Waals surface area contributed by atoms with Gasteiger partial charge in [-0.3, -0.25) is 4.90 Å². The van der Waals surface area contributed by atoms with Gasteiger partial charge in [-0.2, -0.15) is 23.1 Å². The van der Waals surface area contributed by atoms with Crippen molar-refractivity contribution in [1.82, 2.24) is 14.9 Å². The Labute approximate surface area is 242 Å². The summed E-state index contributed by atoms with van der Waals surface area (Å²) in [4.78, 5) is 13.7.